The number of rotatable bonds is 7. The molecule has 0 aliphatic heterocycles. The van der Waals surface area contributed by atoms with E-state index in [9.17, 15) is 4.79 Å². The van der Waals surface area contributed by atoms with Gasteiger partial charge in [-0.2, -0.15) is 0 Å². The molecule has 0 unspecified atom stereocenters. The van der Waals surface area contributed by atoms with E-state index in [1.54, 1.807) is 6.92 Å². The molecule has 2 atom stereocenters. The maximum atomic E-state index is 11.4. The van der Waals surface area contributed by atoms with Gasteiger partial charge in [0, 0.05) is 19.8 Å². The molecule has 0 saturated heterocycles. The van der Waals surface area contributed by atoms with Gasteiger partial charge >= 0.3 is 0 Å². The van der Waals surface area contributed by atoms with Gasteiger partial charge in [0.1, 0.15) is 6.10 Å². The number of carbonyl (C=O) groups excluding carboxylic acids is 1. The van der Waals surface area contributed by atoms with Gasteiger partial charge < -0.3 is 14.8 Å². The Kier molecular flexibility index (Phi) is 7.34. The Balaban J connectivity index is 3.64. The lowest BCUT2D eigenvalue weighted by Gasteiger charge is -2.17. The molecule has 1 N–H and O–H groups in total. The quantitative estimate of drug-likeness (QED) is 0.697. The summed E-state index contributed by atoms with van der Waals surface area (Å²) < 4.78 is 10.3. The maximum absolute atomic E-state index is 11.4. The number of hydrogen-bond donors (Lipinski definition) is 1. The van der Waals surface area contributed by atoms with Crippen LogP contribution in [0.2, 0.25) is 0 Å². The molecule has 0 heterocycles. The average molecular weight is 217 g/mol. The summed E-state index contributed by atoms with van der Waals surface area (Å²) in [5, 5.41) is 2.82. The van der Waals surface area contributed by atoms with E-state index in [0.717, 1.165) is 6.61 Å². The van der Waals surface area contributed by atoms with Crippen LogP contribution in [0.1, 0.15) is 27.7 Å². The van der Waals surface area contributed by atoms with Crippen molar-refractivity contribution in [3.05, 3.63) is 0 Å². The van der Waals surface area contributed by atoms with E-state index in [2.05, 4.69) is 19.2 Å². The van der Waals surface area contributed by atoms with Crippen molar-refractivity contribution in [1.29, 1.82) is 0 Å². The van der Waals surface area contributed by atoms with Crippen LogP contribution in [-0.2, 0) is 14.3 Å². The molecule has 0 radical (unpaired) electrons. The first-order valence-electron chi connectivity index (χ1n) is 5.38. The Morgan fingerprint density at radius 2 is 1.80 bits per heavy atom. The normalized spacial score (nSPS) is 15.1. The molecular weight excluding hydrogens is 194 g/mol. The van der Waals surface area contributed by atoms with E-state index >= 15 is 0 Å². The van der Waals surface area contributed by atoms with Gasteiger partial charge in [-0.1, -0.05) is 13.8 Å². The monoisotopic (exact) mass is 217 g/mol. The number of methoxy groups -OCH3 is 1. The van der Waals surface area contributed by atoms with Crippen molar-refractivity contribution in [3.8, 4) is 0 Å². The van der Waals surface area contributed by atoms with E-state index in [1.807, 2.05) is 6.92 Å². The highest BCUT2D eigenvalue weighted by Crippen LogP contribution is 1.95. The molecule has 4 nitrogen and oxygen atoms in total. The van der Waals surface area contributed by atoms with Crippen molar-refractivity contribution in [2.45, 2.75) is 39.8 Å². The molecule has 0 spiro atoms. The number of hydrogen-bond acceptors (Lipinski definition) is 3. The fraction of sp³-hybridized carbons (Fsp3) is 0.909. The van der Waals surface area contributed by atoms with E-state index in [0.29, 0.717) is 12.5 Å². The molecule has 0 aromatic rings. The Morgan fingerprint density at radius 3 is 2.27 bits per heavy atom. The lowest BCUT2D eigenvalue weighted by molar-refractivity contribution is -0.131. The molecule has 4 heteroatoms. The van der Waals surface area contributed by atoms with Crippen molar-refractivity contribution in [1.82, 2.24) is 5.32 Å². The third kappa shape index (κ3) is 7.33. The highest BCUT2D eigenvalue weighted by molar-refractivity contribution is 5.80. The third-order valence-electron chi connectivity index (χ3n) is 1.93. The van der Waals surface area contributed by atoms with Crippen LogP contribution in [0.15, 0.2) is 0 Å². The number of ether oxygens (including phenoxy) is 2. The average Bonchev–Trinajstić information content (AvgIpc) is 2.15. The predicted octanol–water partition coefficient (Wildman–Crippen LogP) is 1.20. The fourth-order valence-corrected chi connectivity index (χ4v) is 0.989. The van der Waals surface area contributed by atoms with Gasteiger partial charge in [0.25, 0.3) is 0 Å². The van der Waals surface area contributed by atoms with E-state index < -0.39 is 6.10 Å². The van der Waals surface area contributed by atoms with Crippen LogP contribution < -0.4 is 5.32 Å². The maximum Gasteiger partial charge on any atom is 0.249 e. The van der Waals surface area contributed by atoms with Crippen LogP contribution in [0.25, 0.3) is 0 Å². The SMILES string of the molecule is CO[C@@H](C)C(=O)N[C@@H](C)COCC(C)C. The zero-order valence-corrected chi connectivity index (χ0v) is 10.4. The molecule has 0 bridgehead atoms. The molecule has 0 saturated carbocycles. The van der Waals surface area contributed by atoms with Gasteiger partial charge in [-0.25, -0.2) is 0 Å². The second-order valence-electron chi connectivity index (χ2n) is 4.22. The summed E-state index contributed by atoms with van der Waals surface area (Å²) >= 11 is 0. The first-order valence-corrected chi connectivity index (χ1v) is 5.38. The van der Waals surface area contributed by atoms with Gasteiger partial charge in [-0.15, -0.1) is 0 Å². The van der Waals surface area contributed by atoms with Crippen molar-refractivity contribution in [2.24, 2.45) is 5.92 Å². The van der Waals surface area contributed by atoms with Crippen LogP contribution >= 0.6 is 0 Å². The van der Waals surface area contributed by atoms with E-state index in [1.165, 1.54) is 7.11 Å². The molecule has 1 amide bonds. The third-order valence-corrected chi connectivity index (χ3v) is 1.93. The van der Waals surface area contributed by atoms with Gasteiger partial charge in [0.15, 0.2) is 0 Å². The summed E-state index contributed by atoms with van der Waals surface area (Å²) in [7, 11) is 1.52. The Hall–Kier alpha value is -0.610. The van der Waals surface area contributed by atoms with Gasteiger partial charge in [-0.05, 0) is 19.8 Å². The topological polar surface area (TPSA) is 47.6 Å². The van der Waals surface area contributed by atoms with Crippen molar-refractivity contribution in [2.75, 3.05) is 20.3 Å². The second kappa shape index (κ2) is 7.65. The minimum absolute atomic E-state index is 0.0221. The van der Waals surface area contributed by atoms with Gasteiger partial charge in [0.05, 0.1) is 6.61 Å². The molecule has 0 rings (SSSR count). The van der Waals surface area contributed by atoms with Crippen LogP contribution in [0.5, 0.6) is 0 Å². The Bertz CT molecular complexity index is 183. The van der Waals surface area contributed by atoms with Crippen LogP contribution in [0.3, 0.4) is 0 Å². The number of nitrogens with one attached hydrogen (secondary N) is 1. The molecule has 0 aliphatic rings. The van der Waals surface area contributed by atoms with Crippen molar-refractivity contribution >= 4 is 5.91 Å². The summed E-state index contributed by atoms with van der Waals surface area (Å²) in [6, 6.07) is 0.0221. The highest BCUT2D eigenvalue weighted by atomic mass is 16.5. The lowest BCUT2D eigenvalue weighted by atomic mass is 10.2. The minimum Gasteiger partial charge on any atom is -0.379 e. The summed E-state index contributed by atoms with van der Waals surface area (Å²) in [5.74, 6) is 0.420. The summed E-state index contributed by atoms with van der Waals surface area (Å²) in [4.78, 5) is 11.4. The zero-order chi connectivity index (χ0) is 11.8. The molecule has 0 aromatic carbocycles. The molecule has 90 valence electrons. The molecule has 0 aromatic heterocycles. The Morgan fingerprint density at radius 1 is 1.20 bits per heavy atom. The fourth-order valence-electron chi connectivity index (χ4n) is 0.989. The second-order valence-corrected chi connectivity index (χ2v) is 4.22. The number of carbonyl (C=O) groups is 1. The van der Waals surface area contributed by atoms with Gasteiger partial charge in [-0.3, -0.25) is 4.79 Å². The zero-order valence-electron chi connectivity index (χ0n) is 10.4. The molecule has 0 aliphatic carbocycles. The van der Waals surface area contributed by atoms with Crippen molar-refractivity contribution in [3.63, 3.8) is 0 Å². The number of amides is 1. The highest BCUT2D eigenvalue weighted by Gasteiger charge is 2.14. The molecule has 0 fully saturated rings. The van der Waals surface area contributed by atoms with E-state index in [-0.39, 0.29) is 11.9 Å². The minimum atomic E-state index is -0.405. The first-order chi connectivity index (χ1) is 6.97. The van der Waals surface area contributed by atoms with Crippen LogP contribution in [0.4, 0.5) is 0 Å². The molecular formula is C11H23NO3. The van der Waals surface area contributed by atoms with Crippen LogP contribution in [0, 0.1) is 5.92 Å². The largest absolute Gasteiger partial charge is 0.379 e. The summed E-state index contributed by atoms with van der Waals surface area (Å²) in [6.07, 6.45) is -0.405. The van der Waals surface area contributed by atoms with E-state index in [4.69, 9.17) is 9.47 Å². The first kappa shape index (κ1) is 14.4. The predicted molar refractivity (Wildman–Crippen MR) is 59.7 cm³/mol. The van der Waals surface area contributed by atoms with Crippen LogP contribution in [-0.4, -0.2) is 38.4 Å². The standard InChI is InChI=1S/C11H23NO3/c1-8(2)6-15-7-9(3)12-11(13)10(4)14-5/h8-10H,6-7H2,1-5H3,(H,12,13)/t9-,10-/m0/s1. The smallest absolute Gasteiger partial charge is 0.249 e. The summed E-state index contributed by atoms with van der Waals surface area (Å²) in [5.41, 5.74) is 0. The summed E-state index contributed by atoms with van der Waals surface area (Å²) in [6.45, 7) is 9.09. The lowest BCUT2D eigenvalue weighted by Crippen LogP contribution is -2.41. The van der Waals surface area contributed by atoms with Gasteiger partial charge in [0.2, 0.25) is 5.91 Å². The Labute approximate surface area is 92.3 Å². The van der Waals surface area contributed by atoms with Crippen molar-refractivity contribution < 1.29 is 14.3 Å². The molecule has 15 heavy (non-hydrogen) atoms.